The molecular weight excluding hydrogens is 506 g/mol. The van der Waals surface area contributed by atoms with Crippen LogP contribution in [0.1, 0.15) is 5.56 Å². The molecule has 0 fully saturated rings. The number of ether oxygens (including phenoxy) is 1. The number of hydrogen-bond acceptors (Lipinski definition) is 6. The number of para-hydroxylation sites is 2. The van der Waals surface area contributed by atoms with Crippen molar-refractivity contribution in [3.63, 3.8) is 0 Å². The summed E-state index contributed by atoms with van der Waals surface area (Å²) in [6.45, 7) is 0. The van der Waals surface area contributed by atoms with Crippen LogP contribution in [-0.4, -0.2) is 45.5 Å². The first-order chi connectivity index (χ1) is 18.3. The first-order valence-electron chi connectivity index (χ1n) is 11.7. The van der Waals surface area contributed by atoms with Crippen molar-refractivity contribution >= 4 is 44.4 Å². The molecule has 196 valence electrons. The summed E-state index contributed by atoms with van der Waals surface area (Å²) >= 11 is 0. The number of aromatic nitrogens is 1. The number of hydrogen-bond donors (Lipinski definition) is 3. The number of nitrogens with one attached hydrogen (secondary N) is 3. The lowest BCUT2D eigenvalue weighted by molar-refractivity contribution is -0.120. The smallest absolute Gasteiger partial charge is 0.330 e. The van der Waals surface area contributed by atoms with Gasteiger partial charge < -0.3 is 15.0 Å². The largest absolute Gasteiger partial charge is 0.495 e. The van der Waals surface area contributed by atoms with Gasteiger partial charge in [0, 0.05) is 30.7 Å². The Labute approximate surface area is 220 Å². The van der Waals surface area contributed by atoms with Gasteiger partial charge in [0.2, 0.25) is 5.91 Å². The van der Waals surface area contributed by atoms with Gasteiger partial charge in [0.05, 0.1) is 18.3 Å². The number of rotatable bonds is 9. The molecular formula is C27H27N5O5S. The SMILES string of the molecule is COc1ccccc1NS(=O)(=O)NC(=O)N[C@@H](Cc1ccccc1)C(=O)N(C)c1ccc2ncccc2c1. The first kappa shape index (κ1) is 26.4. The fourth-order valence-corrected chi connectivity index (χ4v) is 4.70. The minimum absolute atomic E-state index is 0.145. The third kappa shape index (κ3) is 6.56. The highest BCUT2D eigenvalue weighted by molar-refractivity contribution is 7.91. The molecule has 38 heavy (non-hydrogen) atoms. The first-order valence-corrected chi connectivity index (χ1v) is 13.1. The van der Waals surface area contributed by atoms with Crippen molar-refractivity contribution in [2.24, 2.45) is 0 Å². The van der Waals surface area contributed by atoms with Crippen molar-refractivity contribution in [2.75, 3.05) is 23.8 Å². The summed E-state index contributed by atoms with van der Waals surface area (Å²) in [6.07, 6.45) is 1.83. The van der Waals surface area contributed by atoms with Crippen molar-refractivity contribution in [3.8, 4) is 5.75 Å². The van der Waals surface area contributed by atoms with Crippen molar-refractivity contribution in [1.29, 1.82) is 0 Å². The second-order valence-electron chi connectivity index (χ2n) is 8.40. The topological polar surface area (TPSA) is 130 Å². The van der Waals surface area contributed by atoms with Gasteiger partial charge in [-0.3, -0.25) is 14.5 Å². The number of fused-ring (bicyclic) bond motifs is 1. The van der Waals surface area contributed by atoms with Gasteiger partial charge in [-0.25, -0.2) is 9.52 Å². The molecule has 3 N–H and O–H groups in total. The van der Waals surface area contributed by atoms with Gasteiger partial charge in [-0.15, -0.1) is 0 Å². The van der Waals surface area contributed by atoms with Gasteiger partial charge in [0.15, 0.2) is 0 Å². The highest BCUT2D eigenvalue weighted by Crippen LogP contribution is 2.24. The molecule has 1 heterocycles. The fraction of sp³-hybridized carbons (Fsp3) is 0.148. The Balaban J connectivity index is 1.53. The van der Waals surface area contributed by atoms with E-state index in [4.69, 9.17) is 4.74 Å². The van der Waals surface area contributed by atoms with Crippen LogP contribution in [0.3, 0.4) is 0 Å². The molecule has 3 aromatic carbocycles. The molecule has 0 spiro atoms. The predicted molar refractivity (Wildman–Crippen MR) is 146 cm³/mol. The van der Waals surface area contributed by atoms with E-state index in [0.29, 0.717) is 5.69 Å². The summed E-state index contributed by atoms with van der Waals surface area (Å²) in [5.41, 5.74) is 2.32. The second-order valence-corrected chi connectivity index (χ2v) is 9.82. The van der Waals surface area contributed by atoms with Gasteiger partial charge in [0.25, 0.3) is 0 Å². The van der Waals surface area contributed by atoms with Gasteiger partial charge in [0.1, 0.15) is 11.8 Å². The predicted octanol–water partition coefficient (Wildman–Crippen LogP) is 3.47. The van der Waals surface area contributed by atoms with Gasteiger partial charge in [-0.1, -0.05) is 48.5 Å². The van der Waals surface area contributed by atoms with Crippen molar-refractivity contribution in [1.82, 2.24) is 15.0 Å². The zero-order valence-electron chi connectivity index (χ0n) is 20.8. The third-order valence-corrected chi connectivity index (χ3v) is 6.71. The summed E-state index contributed by atoms with van der Waals surface area (Å²) in [5, 5.41) is 3.37. The van der Waals surface area contributed by atoms with Crippen LogP contribution >= 0.6 is 0 Å². The van der Waals surface area contributed by atoms with Crippen LogP contribution in [0.4, 0.5) is 16.2 Å². The average molecular weight is 534 g/mol. The molecule has 1 aromatic heterocycles. The number of likely N-dealkylation sites (N-methyl/N-ethyl adjacent to an activating group) is 1. The number of carbonyl (C=O) groups excluding carboxylic acids is 2. The molecule has 0 saturated heterocycles. The third-order valence-electron chi connectivity index (χ3n) is 5.77. The molecule has 10 nitrogen and oxygen atoms in total. The van der Waals surface area contributed by atoms with E-state index >= 15 is 0 Å². The minimum Gasteiger partial charge on any atom is -0.495 e. The van der Waals surface area contributed by atoms with Crippen LogP contribution in [0.25, 0.3) is 10.9 Å². The van der Waals surface area contributed by atoms with E-state index in [-0.39, 0.29) is 17.9 Å². The number of anilines is 2. The Bertz CT molecular complexity index is 1550. The number of urea groups is 1. The highest BCUT2D eigenvalue weighted by Gasteiger charge is 2.27. The normalized spacial score (nSPS) is 11.8. The zero-order chi connectivity index (χ0) is 27.1. The summed E-state index contributed by atoms with van der Waals surface area (Å²) < 4.78 is 34.6. The fourth-order valence-electron chi connectivity index (χ4n) is 3.89. The standard InChI is InChI=1S/C27H27N5O5S/c1-32(21-14-15-22-20(18-21)11-8-16-28-22)26(33)24(17-19-9-4-3-5-10-19)29-27(34)31-38(35,36)30-23-12-6-7-13-25(23)37-2/h3-16,18,24,30H,17H2,1-2H3,(H2,29,31,34)/t24-/m0/s1. The van der Waals surface area contributed by atoms with E-state index in [9.17, 15) is 18.0 Å². The quantitative estimate of drug-likeness (QED) is 0.302. The van der Waals surface area contributed by atoms with Crippen LogP contribution in [0, 0.1) is 0 Å². The zero-order valence-corrected chi connectivity index (χ0v) is 21.6. The molecule has 0 aliphatic rings. The molecule has 3 amide bonds. The van der Waals surface area contributed by atoms with Crippen molar-refractivity contribution < 1.29 is 22.7 Å². The van der Waals surface area contributed by atoms with E-state index in [1.54, 1.807) is 49.6 Å². The Morgan fingerprint density at radius 3 is 2.47 bits per heavy atom. The molecule has 0 saturated carbocycles. The van der Waals surface area contributed by atoms with Crippen LogP contribution < -0.4 is 24.4 Å². The van der Waals surface area contributed by atoms with E-state index in [1.807, 2.05) is 47.2 Å². The number of methoxy groups -OCH3 is 1. The molecule has 0 bridgehead atoms. The lowest BCUT2D eigenvalue weighted by atomic mass is 10.0. The van der Waals surface area contributed by atoms with Crippen molar-refractivity contribution in [3.05, 3.63) is 96.7 Å². The molecule has 11 heteroatoms. The van der Waals surface area contributed by atoms with Crippen LogP contribution in [-0.2, 0) is 21.4 Å². The van der Waals surface area contributed by atoms with Crippen LogP contribution in [0.2, 0.25) is 0 Å². The van der Waals surface area contributed by atoms with Crippen molar-refractivity contribution in [2.45, 2.75) is 12.5 Å². The summed E-state index contributed by atoms with van der Waals surface area (Å²) in [4.78, 5) is 32.0. The van der Waals surface area contributed by atoms with Gasteiger partial charge in [-0.2, -0.15) is 8.42 Å². The summed E-state index contributed by atoms with van der Waals surface area (Å²) in [5.74, 6) is -0.148. The lowest BCUT2D eigenvalue weighted by Gasteiger charge is -2.25. The summed E-state index contributed by atoms with van der Waals surface area (Å²) in [7, 11) is -1.34. The Kier molecular flexibility index (Phi) is 8.07. The number of nitrogens with zero attached hydrogens (tertiary/aromatic N) is 2. The number of pyridine rings is 1. The molecule has 0 aliphatic heterocycles. The summed E-state index contributed by atoms with van der Waals surface area (Å²) in [6, 6.07) is 22.4. The van der Waals surface area contributed by atoms with E-state index in [2.05, 4.69) is 15.0 Å². The van der Waals surface area contributed by atoms with Gasteiger partial charge in [-0.05, 0) is 42.0 Å². The molecule has 0 unspecified atom stereocenters. The van der Waals surface area contributed by atoms with Crippen LogP contribution in [0.5, 0.6) is 5.75 Å². The monoisotopic (exact) mass is 533 g/mol. The number of benzene rings is 3. The maximum Gasteiger partial charge on any atom is 0.330 e. The molecule has 1 atom stereocenters. The Morgan fingerprint density at radius 1 is 0.974 bits per heavy atom. The molecule has 0 radical (unpaired) electrons. The Morgan fingerprint density at radius 2 is 1.71 bits per heavy atom. The number of amides is 3. The Hall–Kier alpha value is -4.64. The van der Waals surface area contributed by atoms with E-state index in [1.165, 1.54) is 18.1 Å². The molecule has 0 aliphatic carbocycles. The maximum absolute atomic E-state index is 13.5. The highest BCUT2D eigenvalue weighted by atomic mass is 32.2. The minimum atomic E-state index is -4.33. The van der Waals surface area contributed by atoms with Gasteiger partial charge >= 0.3 is 16.2 Å². The second kappa shape index (κ2) is 11.6. The maximum atomic E-state index is 13.5. The van der Waals surface area contributed by atoms with Crippen LogP contribution in [0.15, 0.2) is 91.1 Å². The lowest BCUT2D eigenvalue weighted by Crippen LogP contribution is -2.53. The molecule has 4 rings (SSSR count). The van der Waals surface area contributed by atoms with E-state index in [0.717, 1.165) is 16.5 Å². The molecule has 4 aromatic rings. The number of carbonyl (C=O) groups is 2. The van der Waals surface area contributed by atoms with E-state index < -0.39 is 28.2 Å². The average Bonchev–Trinajstić information content (AvgIpc) is 2.92.